The number of hydrogen-bond donors (Lipinski definition) is 1. The second kappa shape index (κ2) is 5.89. The first-order valence-electron chi connectivity index (χ1n) is 6.83. The minimum atomic E-state index is -0.396. The fourth-order valence-electron chi connectivity index (χ4n) is 2.28. The molecule has 0 atom stereocenters. The summed E-state index contributed by atoms with van der Waals surface area (Å²) in [6.45, 7) is 7.80. The van der Waals surface area contributed by atoms with E-state index >= 15 is 0 Å². The largest absolute Gasteiger partial charge is 0.340 e. The van der Waals surface area contributed by atoms with Crippen LogP contribution in [0.5, 0.6) is 0 Å². The molecule has 2 amide bonds. The summed E-state index contributed by atoms with van der Waals surface area (Å²) in [5, 5.41) is 0.600. The molecule has 1 fully saturated rings. The number of nitrogens with one attached hydrogen (secondary N) is 1. The number of aromatic nitrogens is 1. The van der Waals surface area contributed by atoms with Crippen LogP contribution in [0.4, 0.5) is 0 Å². The molecule has 0 bridgehead atoms. The third kappa shape index (κ3) is 3.52. The zero-order chi connectivity index (χ0) is 15.8. The van der Waals surface area contributed by atoms with Crippen molar-refractivity contribution in [2.75, 3.05) is 26.2 Å². The van der Waals surface area contributed by atoms with Gasteiger partial charge in [0.05, 0.1) is 5.02 Å². The molecule has 116 valence electrons. The van der Waals surface area contributed by atoms with E-state index in [0.717, 1.165) is 0 Å². The van der Waals surface area contributed by atoms with Crippen LogP contribution in [0, 0.1) is 5.41 Å². The third-order valence-corrected chi connectivity index (χ3v) is 4.14. The number of H-pyrrole nitrogens is 1. The van der Waals surface area contributed by atoms with Crippen molar-refractivity contribution in [1.82, 2.24) is 14.8 Å². The first-order chi connectivity index (χ1) is 9.70. The Balaban J connectivity index is 1.98. The van der Waals surface area contributed by atoms with Gasteiger partial charge in [0.1, 0.15) is 10.8 Å². The van der Waals surface area contributed by atoms with Gasteiger partial charge < -0.3 is 14.8 Å². The number of halogens is 2. The van der Waals surface area contributed by atoms with Gasteiger partial charge in [-0.25, -0.2) is 0 Å². The van der Waals surface area contributed by atoms with Crippen molar-refractivity contribution in [3.05, 3.63) is 21.9 Å². The maximum Gasteiger partial charge on any atom is 0.270 e. The normalized spacial score (nSPS) is 16.2. The molecular formula is C14H19Cl2N3O2. The molecule has 0 aromatic carbocycles. The Kier molecular flexibility index (Phi) is 4.54. The van der Waals surface area contributed by atoms with Crippen molar-refractivity contribution >= 4 is 35.0 Å². The van der Waals surface area contributed by atoms with Crippen LogP contribution >= 0.6 is 23.2 Å². The second-order valence-electron chi connectivity index (χ2n) is 6.18. The van der Waals surface area contributed by atoms with E-state index in [1.54, 1.807) is 9.80 Å². The number of nitrogens with zero attached hydrogens (tertiary/aromatic N) is 2. The van der Waals surface area contributed by atoms with Crippen LogP contribution in [-0.4, -0.2) is 52.8 Å². The highest BCUT2D eigenvalue weighted by Gasteiger charge is 2.31. The average Bonchev–Trinajstić information content (AvgIpc) is 2.76. The van der Waals surface area contributed by atoms with Gasteiger partial charge in [0, 0.05) is 31.6 Å². The van der Waals surface area contributed by atoms with Crippen LogP contribution in [0.25, 0.3) is 0 Å². The lowest BCUT2D eigenvalue weighted by molar-refractivity contribution is -0.140. The molecule has 1 saturated heterocycles. The van der Waals surface area contributed by atoms with Crippen molar-refractivity contribution in [3.8, 4) is 0 Å². The molecule has 1 aliphatic heterocycles. The Morgan fingerprint density at radius 2 is 1.62 bits per heavy atom. The molecule has 0 spiro atoms. The highest BCUT2D eigenvalue weighted by molar-refractivity contribution is 6.41. The van der Waals surface area contributed by atoms with Gasteiger partial charge in [-0.15, -0.1) is 0 Å². The molecule has 1 aromatic rings. The molecule has 21 heavy (non-hydrogen) atoms. The van der Waals surface area contributed by atoms with Gasteiger partial charge in [-0.05, 0) is 6.07 Å². The average molecular weight is 332 g/mol. The molecule has 0 aliphatic carbocycles. The Labute approximate surface area is 134 Å². The summed E-state index contributed by atoms with van der Waals surface area (Å²) in [7, 11) is 0. The molecule has 0 radical (unpaired) electrons. The number of carbonyl (C=O) groups is 2. The van der Waals surface area contributed by atoms with Gasteiger partial charge in [-0.2, -0.15) is 0 Å². The number of piperazine rings is 1. The van der Waals surface area contributed by atoms with E-state index in [0.29, 0.717) is 36.9 Å². The fraction of sp³-hybridized carbons (Fsp3) is 0.571. The number of hydrogen-bond acceptors (Lipinski definition) is 2. The van der Waals surface area contributed by atoms with Gasteiger partial charge in [-0.3, -0.25) is 9.59 Å². The van der Waals surface area contributed by atoms with E-state index in [1.165, 1.54) is 6.07 Å². The summed E-state index contributed by atoms with van der Waals surface area (Å²) < 4.78 is 0. The van der Waals surface area contributed by atoms with E-state index in [2.05, 4.69) is 4.98 Å². The van der Waals surface area contributed by atoms with Crippen LogP contribution in [0.3, 0.4) is 0 Å². The predicted molar refractivity (Wildman–Crippen MR) is 82.8 cm³/mol. The standard InChI is InChI=1S/C14H19Cl2N3O2/c1-14(2,3)13(21)19-6-4-18(5-7-19)12(20)10-8-9(15)11(16)17-10/h8,17H,4-7H2,1-3H3. The molecule has 5 nitrogen and oxygen atoms in total. The first kappa shape index (κ1) is 16.2. The molecular weight excluding hydrogens is 313 g/mol. The van der Waals surface area contributed by atoms with Crippen molar-refractivity contribution in [2.24, 2.45) is 5.41 Å². The van der Waals surface area contributed by atoms with Crippen LogP contribution in [0.15, 0.2) is 6.07 Å². The molecule has 1 aliphatic rings. The highest BCUT2D eigenvalue weighted by atomic mass is 35.5. The quantitative estimate of drug-likeness (QED) is 0.860. The second-order valence-corrected chi connectivity index (χ2v) is 6.96. The number of carbonyl (C=O) groups excluding carboxylic acids is 2. The van der Waals surface area contributed by atoms with Crippen LogP contribution in [-0.2, 0) is 4.79 Å². The SMILES string of the molecule is CC(C)(C)C(=O)N1CCN(C(=O)c2cc(Cl)c(Cl)[nH]2)CC1. The Morgan fingerprint density at radius 3 is 2.05 bits per heavy atom. The summed E-state index contributed by atoms with van der Waals surface area (Å²) in [5.41, 5.74) is -0.0206. The van der Waals surface area contributed by atoms with E-state index in [4.69, 9.17) is 23.2 Å². The van der Waals surface area contributed by atoms with Crippen molar-refractivity contribution in [1.29, 1.82) is 0 Å². The van der Waals surface area contributed by atoms with Gasteiger partial charge >= 0.3 is 0 Å². The van der Waals surface area contributed by atoms with Crippen molar-refractivity contribution in [3.63, 3.8) is 0 Å². The van der Waals surface area contributed by atoms with Crippen molar-refractivity contribution < 1.29 is 9.59 Å². The maximum absolute atomic E-state index is 12.3. The van der Waals surface area contributed by atoms with Gasteiger partial charge in [0.2, 0.25) is 5.91 Å². The Hall–Kier alpha value is -1.20. The Morgan fingerprint density at radius 1 is 1.10 bits per heavy atom. The third-order valence-electron chi connectivity index (χ3n) is 3.45. The molecule has 1 aromatic heterocycles. The van der Waals surface area contributed by atoms with E-state index < -0.39 is 5.41 Å². The van der Waals surface area contributed by atoms with E-state index in [9.17, 15) is 9.59 Å². The topological polar surface area (TPSA) is 56.4 Å². The smallest absolute Gasteiger partial charge is 0.270 e. The zero-order valence-corrected chi connectivity index (χ0v) is 13.9. The van der Waals surface area contributed by atoms with E-state index in [-0.39, 0.29) is 17.0 Å². The molecule has 0 saturated carbocycles. The van der Waals surface area contributed by atoms with Gasteiger partial charge in [-0.1, -0.05) is 44.0 Å². The van der Waals surface area contributed by atoms with Crippen LogP contribution in [0.2, 0.25) is 10.2 Å². The van der Waals surface area contributed by atoms with Gasteiger partial charge in [0.15, 0.2) is 0 Å². The number of amides is 2. The number of aromatic amines is 1. The maximum atomic E-state index is 12.3. The molecule has 0 unspecified atom stereocenters. The predicted octanol–water partition coefficient (Wildman–Crippen LogP) is 2.65. The lowest BCUT2D eigenvalue weighted by Gasteiger charge is -2.37. The minimum Gasteiger partial charge on any atom is -0.340 e. The molecule has 2 heterocycles. The lowest BCUT2D eigenvalue weighted by atomic mass is 9.94. The summed E-state index contributed by atoms with van der Waals surface area (Å²) in [6.07, 6.45) is 0. The summed E-state index contributed by atoms with van der Waals surface area (Å²) in [6, 6.07) is 1.53. The van der Waals surface area contributed by atoms with Crippen molar-refractivity contribution in [2.45, 2.75) is 20.8 Å². The number of rotatable bonds is 1. The summed E-state index contributed by atoms with van der Waals surface area (Å²) in [4.78, 5) is 30.8. The highest BCUT2D eigenvalue weighted by Crippen LogP contribution is 2.23. The minimum absolute atomic E-state index is 0.112. The summed E-state index contributed by atoms with van der Waals surface area (Å²) >= 11 is 11.7. The van der Waals surface area contributed by atoms with Gasteiger partial charge in [0.25, 0.3) is 5.91 Å². The molecule has 7 heteroatoms. The van der Waals surface area contributed by atoms with Crippen LogP contribution < -0.4 is 0 Å². The Bertz CT molecular complexity index is 536. The fourth-order valence-corrected chi connectivity index (χ4v) is 2.59. The molecule has 2 rings (SSSR count). The summed E-state index contributed by atoms with van der Waals surface area (Å²) in [5.74, 6) is -0.0350. The van der Waals surface area contributed by atoms with E-state index in [1.807, 2.05) is 20.8 Å². The zero-order valence-electron chi connectivity index (χ0n) is 12.4. The van der Waals surface area contributed by atoms with Crippen LogP contribution in [0.1, 0.15) is 31.3 Å². The first-order valence-corrected chi connectivity index (χ1v) is 7.58. The molecule has 1 N–H and O–H groups in total. The monoisotopic (exact) mass is 331 g/mol. The lowest BCUT2D eigenvalue weighted by Crippen LogP contribution is -2.53.